The number of aromatic nitrogens is 1. The third kappa shape index (κ3) is 4.36. The summed E-state index contributed by atoms with van der Waals surface area (Å²) in [5, 5.41) is 10.2. The summed E-state index contributed by atoms with van der Waals surface area (Å²) in [5.74, 6) is -0.632. The maximum Gasteiger partial charge on any atom is 0.246 e. The summed E-state index contributed by atoms with van der Waals surface area (Å²) >= 11 is 0. The number of unbranched alkanes of at least 4 members (excludes halogenated alkanes) is 2. The van der Waals surface area contributed by atoms with Crippen molar-refractivity contribution in [1.82, 2.24) is 4.98 Å². The van der Waals surface area contributed by atoms with E-state index in [0.29, 0.717) is 24.8 Å². The third-order valence-corrected chi connectivity index (χ3v) is 3.62. The van der Waals surface area contributed by atoms with Crippen molar-refractivity contribution >= 4 is 22.6 Å². The predicted molar refractivity (Wildman–Crippen MR) is 84.4 cm³/mol. The van der Waals surface area contributed by atoms with Crippen LogP contribution in [0.2, 0.25) is 0 Å². The van der Waals surface area contributed by atoms with E-state index in [1.807, 2.05) is 30.3 Å². The highest BCUT2D eigenvalue weighted by Gasteiger charge is 2.11. The average molecular weight is 300 g/mol. The summed E-state index contributed by atoms with van der Waals surface area (Å²) in [6.45, 7) is 0. The molecule has 1 heterocycles. The summed E-state index contributed by atoms with van der Waals surface area (Å²) in [6.07, 6.45) is 3.48. The molecule has 0 aliphatic rings. The molecule has 2 rings (SSSR count). The van der Waals surface area contributed by atoms with Crippen LogP contribution in [0.1, 0.15) is 42.5 Å². The molecule has 0 saturated carbocycles. The van der Waals surface area contributed by atoms with Crippen LogP contribution in [-0.4, -0.2) is 27.9 Å². The van der Waals surface area contributed by atoms with Crippen molar-refractivity contribution in [3.05, 3.63) is 42.1 Å². The second kappa shape index (κ2) is 7.66. The largest absolute Gasteiger partial charge is 0.383 e. The smallest absolute Gasteiger partial charge is 0.246 e. The normalized spacial score (nSPS) is 12.2. The van der Waals surface area contributed by atoms with Crippen LogP contribution in [-0.2, 0) is 4.79 Å². The number of hydrogen-bond acceptors (Lipinski definition) is 4. The van der Waals surface area contributed by atoms with E-state index < -0.39 is 12.0 Å². The number of benzene rings is 1. The molecule has 0 aliphatic heterocycles. The second-order valence-electron chi connectivity index (χ2n) is 5.36. The van der Waals surface area contributed by atoms with Crippen LogP contribution in [0.5, 0.6) is 0 Å². The minimum Gasteiger partial charge on any atom is -0.383 e. The Morgan fingerprint density at radius 2 is 1.95 bits per heavy atom. The number of aliphatic hydroxyl groups is 1. The molecule has 5 heteroatoms. The number of rotatable bonds is 8. The molecule has 0 radical (unpaired) electrons. The number of carbonyl (C=O) groups excluding carboxylic acids is 2. The van der Waals surface area contributed by atoms with Gasteiger partial charge >= 0.3 is 0 Å². The van der Waals surface area contributed by atoms with Crippen LogP contribution in [0.3, 0.4) is 0 Å². The SMILES string of the molecule is NC(=O)C(O)CCCCCC(=O)c1cnc2ccccc2c1. The number of nitrogens with zero attached hydrogens (tertiary/aromatic N) is 1. The Kier molecular flexibility index (Phi) is 5.61. The van der Waals surface area contributed by atoms with Gasteiger partial charge in [0.2, 0.25) is 5.91 Å². The number of hydrogen-bond donors (Lipinski definition) is 2. The van der Waals surface area contributed by atoms with Gasteiger partial charge in [0.05, 0.1) is 5.52 Å². The Morgan fingerprint density at radius 3 is 2.73 bits per heavy atom. The van der Waals surface area contributed by atoms with Gasteiger partial charge in [0, 0.05) is 23.6 Å². The highest BCUT2D eigenvalue weighted by Crippen LogP contribution is 2.15. The number of pyridine rings is 1. The Labute approximate surface area is 129 Å². The molecule has 1 amide bonds. The minimum absolute atomic E-state index is 0.0636. The summed E-state index contributed by atoms with van der Waals surface area (Å²) in [7, 11) is 0. The van der Waals surface area contributed by atoms with Crippen LogP contribution in [0, 0.1) is 0 Å². The first-order valence-corrected chi connectivity index (χ1v) is 7.43. The van der Waals surface area contributed by atoms with Crippen molar-refractivity contribution in [1.29, 1.82) is 0 Å². The molecular formula is C17H20N2O3. The van der Waals surface area contributed by atoms with E-state index in [-0.39, 0.29) is 5.78 Å². The molecule has 1 unspecified atom stereocenters. The molecule has 1 aromatic carbocycles. The van der Waals surface area contributed by atoms with E-state index in [9.17, 15) is 14.7 Å². The van der Waals surface area contributed by atoms with Gasteiger partial charge in [-0.25, -0.2) is 0 Å². The monoisotopic (exact) mass is 300 g/mol. The van der Waals surface area contributed by atoms with Crippen LogP contribution < -0.4 is 5.73 Å². The Morgan fingerprint density at radius 1 is 1.18 bits per heavy atom. The van der Waals surface area contributed by atoms with Gasteiger partial charge in [0.25, 0.3) is 0 Å². The number of para-hydroxylation sites is 1. The summed E-state index contributed by atoms with van der Waals surface area (Å²) < 4.78 is 0. The average Bonchev–Trinajstić information content (AvgIpc) is 2.53. The highest BCUT2D eigenvalue weighted by molar-refractivity contribution is 5.98. The lowest BCUT2D eigenvalue weighted by atomic mass is 10.0. The van der Waals surface area contributed by atoms with Crippen LogP contribution in [0.4, 0.5) is 0 Å². The van der Waals surface area contributed by atoms with E-state index in [0.717, 1.165) is 23.7 Å². The highest BCUT2D eigenvalue weighted by atomic mass is 16.3. The van der Waals surface area contributed by atoms with Crippen LogP contribution >= 0.6 is 0 Å². The van der Waals surface area contributed by atoms with Gasteiger partial charge in [-0.15, -0.1) is 0 Å². The Balaban J connectivity index is 1.80. The lowest BCUT2D eigenvalue weighted by molar-refractivity contribution is -0.126. The molecule has 1 atom stereocenters. The van der Waals surface area contributed by atoms with E-state index in [1.54, 1.807) is 6.20 Å². The molecule has 0 spiro atoms. The predicted octanol–water partition coefficient (Wildman–Crippen LogP) is 2.21. The van der Waals surface area contributed by atoms with Crippen molar-refractivity contribution in [2.45, 2.75) is 38.2 Å². The zero-order chi connectivity index (χ0) is 15.9. The quantitative estimate of drug-likeness (QED) is 0.577. The summed E-state index contributed by atoms with van der Waals surface area (Å²) in [6, 6.07) is 9.54. The zero-order valence-corrected chi connectivity index (χ0v) is 12.4. The van der Waals surface area contributed by atoms with E-state index >= 15 is 0 Å². The maximum atomic E-state index is 12.1. The number of Topliss-reactive ketones (excluding diaryl/α,β-unsaturated/α-hetero) is 1. The standard InChI is InChI=1S/C17H20N2O3/c18-17(22)16(21)9-3-1-2-8-15(20)13-10-12-6-4-5-7-14(12)19-11-13/h4-7,10-11,16,21H,1-3,8-9H2,(H2,18,22). The van der Waals surface area contributed by atoms with Crippen molar-refractivity contribution in [2.24, 2.45) is 5.73 Å². The number of ketones is 1. The maximum absolute atomic E-state index is 12.1. The number of nitrogens with two attached hydrogens (primary N) is 1. The van der Waals surface area contributed by atoms with Crippen molar-refractivity contribution in [3.8, 4) is 0 Å². The van der Waals surface area contributed by atoms with E-state index in [2.05, 4.69) is 4.98 Å². The lowest BCUT2D eigenvalue weighted by Crippen LogP contribution is -2.27. The number of carbonyl (C=O) groups is 2. The van der Waals surface area contributed by atoms with Gasteiger partial charge in [0.15, 0.2) is 5.78 Å². The number of amides is 1. The summed E-state index contributed by atoms with van der Waals surface area (Å²) in [5.41, 5.74) is 6.47. The molecular weight excluding hydrogens is 280 g/mol. The van der Waals surface area contributed by atoms with Gasteiger partial charge in [-0.2, -0.15) is 0 Å². The second-order valence-corrected chi connectivity index (χ2v) is 5.36. The van der Waals surface area contributed by atoms with Crippen LogP contribution in [0.25, 0.3) is 10.9 Å². The third-order valence-electron chi connectivity index (χ3n) is 3.62. The fourth-order valence-corrected chi connectivity index (χ4v) is 2.31. The molecule has 0 saturated heterocycles. The number of primary amides is 1. The van der Waals surface area contributed by atoms with E-state index in [4.69, 9.17) is 5.73 Å². The van der Waals surface area contributed by atoms with Gasteiger partial charge in [-0.05, 0) is 25.0 Å². The topological polar surface area (TPSA) is 93.3 Å². The van der Waals surface area contributed by atoms with E-state index in [1.165, 1.54) is 0 Å². The first-order chi connectivity index (χ1) is 10.6. The lowest BCUT2D eigenvalue weighted by Gasteiger charge is -2.06. The molecule has 2 aromatic rings. The molecule has 3 N–H and O–H groups in total. The van der Waals surface area contributed by atoms with Gasteiger partial charge in [0.1, 0.15) is 6.10 Å². The summed E-state index contributed by atoms with van der Waals surface area (Å²) in [4.78, 5) is 27.1. The van der Waals surface area contributed by atoms with Gasteiger partial charge < -0.3 is 10.8 Å². The Hall–Kier alpha value is -2.27. The fourth-order valence-electron chi connectivity index (χ4n) is 2.31. The number of fused-ring (bicyclic) bond motifs is 1. The first-order valence-electron chi connectivity index (χ1n) is 7.43. The molecule has 22 heavy (non-hydrogen) atoms. The zero-order valence-electron chi connectivity index (χ0n) is 12.4. The molecule has 0 aliphatic carbocycles. The molecule has 1 aromatic heterocycles. The van der Waals surface area contributed by atoms with Crippen molar-refractivity contribution in [3.63, 3.8) is 0 Å². The number of aliphatic hydroxyl groups excluding tert-OH is 1. The van der Waals surface area contributed by atoms with Crippen LogP contribution in [0.15, 0.2) is 36.5 Å². The molecule has 116 valence electrons. The van der Waals surface area contributed by atoms with Crippen molar-refractivity contribution < 1.29 is 14.7 Å². The van der Waals surface area contributed by atoms with Gasteiger partial charge in [-0.1, -0.05) is 31.0 Å². The Bertz CT molecular complexity index is 670. The minimum atomic E-state index is -1.08. The van der Waals surface area contributed by atoms with Crippen molar-refractivity contribution in [2.75, 3.05) is 0 Å². The molecule has 0 bridgehead atoms. The molecule has 0 fully saturated rings. The van der Waals surface area contributed by atoms with Gasteiger partial charge in [-0.3, -0.25) is 14.6 Å². The first kappa shape index (κ1) is 16.1. The molecule has 5 nitrogen and oxygen atoms in total. The fraction of sp³-hybridized carbons (Fsp3) is 0.353.